The fraction of sp³-hybridized carbons (Fsp3) is 0.714. The zero-order chi connectivity index (χ0) is 15.5. The quantitative estimate of drug-likeness (QED) is 0.862. The van der Waals surface area contributed by atoms with Crippen LogP contribution in [0.25, 0.3) is 0 Å². The normalized spacial score (nSPS) is 21.0. The maximum absolute atomic E-state index is 11.7. The summed E-state index contributed by atoms with van der Waals surface area (Å²) < 4.78 is 23.5. The van der Waals surface area contributed by atoms with Gasteiger partial charge < -0.3 is 10.6 Å². The highest BCUT2D eigenvalue weighted by atomic mass is 32.2. The first-order valence-corrected chi connectivity index (χ1v) is 9.35. The molecule has 1 aliphatic heterocycles. The minimum atomic E-state index is -2.92. The van der Waals surface area contributed by atoms with E-state index in [1.807, 2.05) is 20.8 Å². The number of anilines is 2. The van der Waals surface area contributed by atoms with Crippen molar-refractivity contribution in [1.29, 1.82) is 0 Å². The molecule has 0 aromatic carbocycles. The summed E-state index contributed by atoms with van der Waals surface area (Å²) in [7, 11) is -2.92. The Morgan fingerprint density at radius 2 is 1.95 bits per heavy atom. The van der Waals surface area contributed by atoms with Crippen LogP contribution >= 0.6 is 0 Å². The van der Waals surface area contributed by atoms with E-state index in [4.69, 9.17) is 0 Å². The van der Waals surface area contributed by atoms with Crippen LogP contribution in [-0.2, 0) is 16.3 Å². The first-order valence-electron chi connectivity index (χ1n) is 7.53. The molecule has 0 saturated carbocycles. The van der Waals surface area contributed by atoms with Gasteiger partial charge in [-0.05, 0) is 26.7 Å². The molecule has 7 heteroatoms. The van der Waals surface area contributed by atoms with Gasteiger partial charge in [-0.3, -0.25) is 0 Å². The third-order valence-corrected chi connectivity index (χ3v) is 5.48. The van der Waals surface area contributed by atoms with E-state index in [1.165, 1.54) is 0 Å². The second-order valence-electron chi connectivity index (χ2n) is 5.44. The Bertz CT molecular complexity index is 601. The lowest BCUT2D eigenvalue weighted by Crippen LogP contribution is -2.35. The number of aromatic nitrogens is 2. The van der Waals surface area contributed by atoms with Gasteiger partial charge in [0.2, 0.25) is 0 Å². The Kier molecular flexibility index (Phi) is 5.03. The van der Waals surface area contributed by atoms with Crippen LogP contribution in [0.3, 0.4) is 0 Å². The molecule has 6 nitrogen and oxygen atoms in total. The molecule has 1 aromatic heterocycles. The average molecular weight is 312 g/mol. The van der Waals surface area contributed by atoms with Gasteiger partial charge in [0.15, 0.2) is 9.84 Å². The molecule has 1 fully saturated rings. The Balaban J connectivity index is 2.24. The lowest BCUT2D eigenvalue weighted by Gasteiger charge is -2.25. The first-order chi connectivity index (χ1) is 9.95. The molecule has 118 valence electrons. The second kappa shape index (κ2) is 6.60. The van der Waals surface area contributed by atoms with Crippen LogP contribution in [0.4, 0.5) is 11.6 Å². The lowest BCUT2D eigenvalue weighted by molar-refractivity contribution is 0.561. The number of sulfone groups is 1. The van der Waals surface area contributed by atoms with Gasteiger partial charge in [0.05, 0.1) is 11.5 Å². The summed E-state index contributed by atoms with van der Waals surface area (Å²) in [6.45, 7) is 6.78. The Labute approximate surface area is 126 Å². The van der Waals surface area contributed by atoms with Crippen LogP contribution in [0.15, 0.2) is 0 Å². The molecule has 1 unspecified atom stereocenters. The highest BCUT2D eigenvalue weighted by Crippen LogP contribution is 2.23. The summed E-state index contributed by atoms with van der Waals surface area (Å²) >= 11 is 0. The van der Waals surface area contributed by atoms with Crippen molar-refractivity contribution in [2.45, 2.75) is 46.1 Å². The molecule has 2 N–H and O–H groups in total. The molecule has 1 aliphatic rings. The Hall–Kier alpha value is -1.37. The SMILES string of the molecule is CCNc1nc(CC)nc(NC2CCCS(=O)(=O)C2)c1C. The van der Waals surface area contributed by atoms with E-state index in [2.05, 4.69) is 20.6 Å². The van der Waals surface area contributed by atoms with E-state index in [-0.39, 0.29) is 11.8 Å². The van der Waals surface area contributed by atoms with Crippen molar-refractivity contribution >= 4 is 21.5 Å². The van der Waals surface area contributed by atoms with Crippen LogP contribution < -0.4 is 10.6 Å². The minimum absolute atomic E-state index is 0.0588. The molecule has 0 radical (unpaired) electrons. The van der Waals surface area contributed by atoms with Gasteiger partial charge in [0, 0.05) is 24.6 Å². The van der Waals surface area contributed by atoms with Crippen molar-refractivity contribution in [3.05, 3.63) is 11.4 Å². The van der Waals surface area contributed by atoms with Gasteiger partial charge in [0.25, 0.3) is 0 Å². The van der Waals surface area contributed by atoms with Gasteiger partial charge >= 0.3 is 0 Å². The van der Waals surface area contributed by atoms with Gasteiger partial charge in [-0.1, -0.05) is 6.92 Å². The second-order valence-corrected chi connectivity index (χ2v) is 7.67. The van der Waals surface area contributed by atoms with Crippen molar-refractivity contribution < 1.29 is 8.42 Å². The number of nitrogens with one attached hydrogen (secondary N) is 2. The average Bonchev–Trinajstić information content (AvgIpc) is 2.42. The third-order valence-electron chi connectivity index (χ3n) is 3.66. The van der Waals surface area contributed by atoms with Gasteiger partial charge in [-0.15, -0.1) is 0 Å². The fourth-order valence-corrected chi connectivity index (χ4v) is 4.17. The standard InChI is InChI=1S/C14H24N4O2S/c1-4-12-17-13(15-5-2)10(3)14(18-12)16-11-7-6-8-21(19,20)9-11/h11H,4-9H2,1-3H3,(H2,15,16,17,18). The number of hydrogen-bond acceptors (Lipinski definition) is 6. The third kappa shape index (κ3) is 4.06. The fourth-order valence-electron chi connectivity index (χ4n) is 2.53. The van der Waals surface area contributed by atoms with Crippen LogP contribution in [0.2, 0.25) is 0 Å². The molecule has 1 saturated heterocycles. The van der Waals surface area contributed by atoms with Gasteiger partial charge in [0.1, 0.15) is 17.5 Å². The number of nitrogens with zero attached hydrogens (tertiary/aromatic N) is 2. The number of hydrogen-bond donors (Lipinski definition) is 2. The van der Waals surface area contributed by atoms with E-state index >= 15 is 0 Å². The first kappa shape index (κ1) is 16.0. The summed E-state index contributed by atoms with van der Waals surface area (Å²) in [5.41, 5.74) is 0.942. The van der Waals surface area contributed by atoms with Crippen LogP contribution in [0, 0.1) is 6.92 Å². The zero-order valence-corrected chi connectivity index (χ0v) is 13.8. The van der Waals surface area contributed by atoms with E-state index in [0.29, 0.717) is 12.2 Å². The Morgan fingerprint density at radius 3 is 2.57 bits per heavy atom. The van der Waals surface area contributed by atoms with Crippen molar-refractivity contribution in [2.24, 2.45) is 0 Å². The maximum atomic E-state index is 11.7. The van der Waals surface area contributed by atoms with Crippen molar-refractivity contribution in [3.63, 3.8) is 0 Å². The predicted octanol–water partition coefficient (Wildman–Crippen LogP) is 1.77. The molecule has 21 heavy (non-hydrogen) atoms. The summed E-state index contributed by atoms with van der Waals surface area (Å²) in [6.07, 6.45) is 2.32. The summed E-state index contributed by atoms with van der Waals surface area (Å²) in [4.78, 5) is 9.00. The van der Waals surface area contributed by atoms with Gasteiger partial charge in [-0.2, -0.15) is 0 Å². The van der Waals surface area contributed by atoms with Crippen molar-refractivity contribution in [1.82, 2.24) is 9.97 Å². The molecule has 2 heterocycles. The van der Waals surface area contributed by atoms with Crippen molar-refractivity contribution in [3.8, 4) is 0 Å². The van der Waals surface area contributed by atoms with E-state index in [9.17, 15) is 8.42 Å². The molecule has 0 amide bonds. The van der Waals surface area contributed by atoms with E-state index in [0.717, 1.165) is 42.4 Å². The topological polar surface area (TPSA) is 84.0 Å². The van der Waals surface area contributed by atoms with Crippen LogP contribution in [-0.4, -0.2) is 42.5 Å². The minimum Gasteiger partial charge on any atom is -0.370 e. The summed E-state index contributed by atoms with van der Waals surface area (Å²) in [5, 5.41) is 6.54. The van der Waals surface area contributed by atoms with E-state index < -0.39 is 9.84 Å². The molecule has 1 atom stereocenters. The van der Waals surface area contributed by atoms with Crippen LogP contribution in [0.5, 0.6) is 0 Å². The molecular formula is C14H24N4O2S. The largest absolute Gasteiger partial charge is 0.370 e. The molecule has 0 aliphatic carbocycles. The molecule has 2 rings (SSSR count). The van der Waals surface area contributed by atoms with Gasteiger partial charge in [-0.25, -0.2) is 18.4 Å². The molecule has 0 spiro atoms. The highest BCUT2D eigenvalue weighted by Gasteiger charge is 2.25. The Morgan fingerprint density at radius 1 is 1.24 bits per heavy atom. The molecule has 1 aromatic rings. The number of aryl methyl sites for hydroxylation is 1. The molecule has 0 bridgehead atoms. The lowest BCUT2D eigenvalue weighted by atomic mass is 10.1. The zero-order valence-electron chi connectivity index (χ0n) is 12.9. The molecular weight excluding hydrogens is 288 g/mol. The maximum Gasteiger partial charge on any atom is 0.152 e. The highest BCUT2D eigenvalue weighted by molar-refractivity contribution is 7.91. The summed E-state index contributed by atoms with van der Waals surface area (Å²) in [5.74, 6) is 2.83. The smallest absolute Gasteiger partial charge is 0.152 e. The van der Waals surface area contributed by atoms with E-state index in [1.54, 1.807) is 0 Å². The van der Waals surface area contributed by atoms with Crippen LogP contribution in [0.1, 0.15) is 38.1 Å². The van der Waals surface area contributed by atoms with Crippen molar-refractivity contribution in [2.75, 3.05) is 28.7 Å². The summed E-state index contributed by atoms with van der Waals surface area (Å²) in [6, 6.07) is -0.0588. The predicted molar refractivity (Wildman–Crippen MR) is 85.6 cm³/mol. The number of rotatable bonds is 5. The monoisotopic (exact) mass is 312 g/mol.